The Bertz CT molecular complexity index is 698. The highest BCUT2D eigenvalue weighted by molar-refractivity contribution is 5.48. The zero-order valence-electron chi connectivity index (χ0n) is 11.1. The molecule has 0 radical (unpaired) electrons. The summed E-state index contributed by atoms with van der Waals surface area (Å²) in [6.45, 7) is 4.78. The van der Waals surface area contributed by atoms with Crippen LogP contribution in [0.25, 0.3) is 5.65 Å². The first-order valence-electron chi connectivity index (χ1n) is 6.32. The maximum Gasteiger partial charge on any atom is 0.140 e. The Labute approximate surface area is 112 Å². The fourth-order valence-corrected chi connectivity index (χ4v) is 2.04. The van der Waals surface area contributed by atoms with Gasteiger partial charge in [-0.1, -0.05) is 12.1 Å². The molecule has 4 nitrogen and oxygen atoms in total. The summed E-state index contributed by atoms with van der Waals surface area (Å²) in [5.41, 5.74) is 4.36. The molecule has 0 aromatic carbocycles. The quantitative estimate of drug-likeness (QED) is 0.779. The highest BCUT2D eigenvalue weighted by Crippen LogP contribution is 2.11. The van der Waals surface area contributed by atoms with Gasteiger partial charge >= 0.3 is 0 Å². The van der Waals surface area contributed by atoms with Gasteiger partial charge in [-0.2, -0.15) is 0 Å². The predicted octanol–water partition coefficient (Wildman–Crippen LogP) is 2.96. The van der Waals surface area contributed by atoms with E-state index >= 15 is 0 Å². The summed E-state index contributed by atoms with van der Waals surface area (Å²) in [5, 5.41) is 3.28. The maximum absolute atomic E-state index is 4.62. The molecular weight excluding hydrogens is 236 g/mol. The number of anilines is 1. The van der Waals surface area contributed by atoms with E-state index in [0.29, 0.717) is 6.54 Å². The van der Waals surface area contributed by atoms with Crippen LogP contribution in [0.5, 0.6) is 0 Å². The lowest BCUT2D eigenvalue weighted by Crippen LogP contribution is -2.01. The van der Waals surface area contributed by atoms with E-state index < -0.39 is 0 Å². The molecule has 0 unspecified atom stereocenters. The Morgan fingerprint density at radius 3 is 2.84 bits per heavy atom. The van der Waals surface area contributed by atoms with Crippen LogP contribution in [0.15, 0.2) is 42.9 Å². The van der Waals surface area contributed by atoms with Crippen molar-refractivity contribution < 1.29 is 0 Å². The van der Waals surface area contributed by atoms with Gasteiger partial charge in [0.1, 0.15) is 11.5 Å². The number of aromatic nitrogens is 3. The SMILES string of the molecule is Cc1ccc(NCc2cn3cccc(C)c3n2)nc1. The van der Waals surface area contributed by atoms with Crippen molar-refractivity contribution in [3.05, 3.63) is 59.7 Å². The molecule has 0 aliphatic heterocycles. The van der Waals surface area contributed by atoms with E-state index in [1.807, 2.05) is 43.7 Å². The van der Waals surface area contributed by atoms with Gasteiger partial charge in [-0.05, 0) is 37.1 Å². The summed E-state index contributed by atoms with van der Waals surface area (Å²) in [5.74, 6) is 0.874. The van der Waals surface area contributed by atoms with Gasteiger partial charge in [0.2, 0.25) is 0 Å². The number of pyridine rings is 2. The van der Waals surface area contributed by atoms with Crippen molar-refractivity contribution in [3.8, 4) is 0 Å². The first-order valence-corrected chi connectivity index (χ1v) is 6.32. The molecule has 96 valence electrons. The van der Waals surface area contributed by atoms with Crippen LogP contribution < -0.4 is 5.32 Å². The van der Waals surface area contributed by atoms with Crippen LogP contribution in [0, 0.1) is 13.8 Å². The van der Waals surface area contributed by atoms with E-state index in [4.69, 9.17) is 0 Å². The Morgan fingerprint density at radius 2 is 2.11 bits per heavy atom. The Morgan fingerprint density at radius 1 is 1.21 bits per heavy atom. The predicted molar refractivity (Wildman–Crippen MR) is 76.2 cm³/mol. The third-order valence-electron chi connectivity index (χ3n) is 3.09. The maximum atomic E-state index is 4.62. The molecule has 3 aromatic heterocycles. The number of hydrogen-bond acceptors (Lipinski definition) is 3. The second kappa shape index (κ2) is 4.72. The Balaban J connectivity index is 1.78. The first kappa shape index (κ1) is 11.7. The molecule has 19 heavy (non-hydrogen) atoms. The summed E-state index contributed by atoms with van der Waals surface area (Å²) in [6, 6.07) is 8.13. The lowest BCUT2D eigenvalue weighted by molar-refractivity contribution is 1.05. The smallest absolute Gasteiger partial charge is 0.140 e. The number of nitrogens with zero attached hydrogens (tertiary/aromatic N) is 3. The van der Waals surface area contributed by atoms with Gasteiger partial charge in [-0.25, -0.2) is 9.97 Å². The summed E-state index contributed by atoms with van der Waals surface area (Å²) >= 11 is 0. The summed E-state index contributed by atoms with van der Waals surface area (Å²) in [7, 11) is 0. The first-order chi connectivity index (χ1) is 9.22. The van der Waals surface area contributed by atoms with Crippen LogP contribution >= 0.6 is 0 Å². The van der Waals surface area contributed by atoms with Gasteiger partial charge in [0.05, 0.1) is 12.2 Å². The molecule has 0 saturated heterocycles. The van der Waals surface area contributed by atoms with Gasteiger partial charge in [-0.15, -0.1) is 0 Å². The van der Waals surface area contributed by atoms with Gasteiger partial charge in [-0.3, -0.25) is 0 Å². The minimum absolute atomic E-state index is 0.678. The van der Waals surface area contributed by atoms with E-state index in [1.165, 1.54) is 5.56 Å². The van der Waals surface area contributed by atoms with Gasteiger partial charge in [0.25, 0.3) is 0 Å². The Hall–Kier alpha value is -2.36. The lowest BCUT2D eigenvalue weighted by atomic mass is 10.3. The molecule has 3 aromatic rings. The normalized spacial score (nSPS) is 10.8. The molecule has 0 bridgehead atoms. The van der Waals surface area contributed by atoms with E-state index in [1.54, 1.807) is 0 Å². The van der Waals surface area contributed by atoms with Crippen molar-refractivity contribution in [1.82, 2.24) is 14.4 Å². The van der Waals surface area contributed by atoms with Crippen LogP contribution in [-0.4, -0.2) is 14.4 Å². The van der Waals surface area contributed by atoms with Crippen molar-refractivity contribution in [1.29, 1.82) is 0 Å². The minimum Gasteiger partial charge on any atom is -0.364 e. The molecular formula is C15H16N4. The minimum atomic E-state index is 0.678. The summed E-state index contributed by atoms with van der Waals surface area (Å²) in [6.07, 6.45) is 5.92. The van der Waals surface area contributed by atoms with Gasteiger partial charge in [0, 0.05) is 18.6 Å². The molecule has 0 aliphatic rings. The van der Waals surface area contributed by atoms with Crippen LogP contribution in [-0.2, 0) is 6.54 Å². The van der Waals surface area contributed by atoms with E-state index in [0.717, 1.165) is 22.7 Å². The molecule has 0 aliphatic carbocycles. The lowest BCUT2D eigenvalue weighted by Gasteiger charge is -2.02. The molecule has 1 N–H and O–H groups in total. The van der Waals surface area contributed by atoms with Crippen molar-refractivity contribution in [2.45, 2.75) is 20.4 Å². The standard InChI is InChI=1S/C15H16N4/c1-11-5-6-14(16-8-11)17-9-13-10-19-7-3-4-12(2)15(19)18-13/h3-8,10H,9H2,1-2H3,(H,16,17). The fourth-order valence-electron chi connectivity index (χ4n) is 2.04. The Kier molecular flexibility index (Phi) is 2.91. The van der Waals surface area contributed by atoms with Crippen molar-refractivity contribution in [2.75, 3.05) is 5.32 Å². The highest BCUT2D eigenvalue weighted by Gasteiger charge is 2.03. The molecule has 0 fully saturated rings. The van der Waals surface area contributed by atoms with Crippen molar-refractivity contribution >= 4 is 11.5 Å². The summed E-state index contributed by atoms with van der Waals surface area (Å²) < 4.78 is 2.05. The summed E-state index contributed by atoms with van der Waals surface area (Å²) in [4.78, 5) is 8.94. The van der Waals surface area contributed by atoms with Gasteiger partial charge < -0.3 is 9.72 Å². The molecule has 0 amide bonds. The average molecular weight is 252 g/mol. The zero-order chi connectivity index (χ0) is 13.2. The van der Waals surface area contributed by atoms with Crippen molar-refractivity contribution in [3.63, 3.8) is 0 Å². The molecule has 3 heterocycles. The highest BCUT2D eigenvalue weighted by atomic mass is 15.0. The number of rotatable bonds is 3. The number of nitrogens with one attached hydrogen (secondary N) is 1. The van der Waals surface area contributed by atoms with Crippen LogP contribution in [0.1, 0.15) is 16.8 Å². The molecule has 3 rings (SSSR count). The third-order valence-corrected chi connectivity index (χ3v) is 3.09. The number of aryl methyl sites for hydroxylation is 2. The topological polar surface area (TPSA) is 42.2 Å². The van der Waals surface area contributed by atoms with Crippen molar-refractivity contribution in [2.24, 2.45) is 0 Å². The van der Waals surface area contributed by atoms with Gasteiger partial charge in [0.15, 0.2) is 0 Å². The van der Waals surface area contributed by atoms with Crippen LogP contribution in [0.3, 0.4) is 0 Å². The largest absolute Gasteiger partial charge is 0.364 e. The van der Waals surface area contributed by atoms with Crippen LogP contribution in [0.2, 0.25) is 0 Å². The number of fused-ring (bicyclic) bond motifs is 1. The van der Waals surface area contributed by atoms with E-state index in [9.17, 15) is 0 Å². The average Bonchev–Trinajstić information content (AvgIpc) is 2.83. The molecule has 4 heteroatoms. The van der Waals surface area contributed by atoms with Crippen LogP contribution in [0.4, 0.5) is 5.82 Å². The second-order valence-electron chi connectivity index (χ2n) is 4.73. The monoisotopic (exact) mass is 252 g/mol. The molecule has 0 atom stereocenters. The van der Waals surface area contributed by atoms with E-state index in [-0.39, 0.29) is 0 Å². The molecule has 0 spiro atoms. The zero-order valence-corrected chi connectivity index (χ0v) is 11.1. The number of hydrogen-bond donors (Lipinski definition) is 1. The number of imidazole rings is 1. The molecule has 0 saturated carbocycles. The fraction of sp³-hybridized carbons (Fsp3) is 0.200. The van der Waals surface area contributed by atoms with E-state index in [2.05, 4.69) is 32.7 Å². The second-order valence-corrected chi connectivity index (χ2v) is 4.73. The third kappa shape index (κ3) is 2.42.